The number of hydrogen-bond acceptors (Lipinski definition) is 5. The summed E-state index contributed by atoms with van der Waals surface area (Å²) in [5.41, 5.74) is 8.06. The maximum atomic E-state index is 12.1. The van der Waals surface area contributed by atoms with E-state index in [-0.39, 0.29) is 16.9 Å². The smallest absolute Gasteiger partial charge is 0.274 e. The molecule has 0 amide bonds. The average molecular weight is 327 g/mol. The van der Waals surface area contributed by atoms with Crippen molar-refractivity contribution in [1.29, 1.82) is 0 Å². The molecule has 1 aromatic heterocycles. The van der Waals surface area contributed by atoms with Gasteiger partial charge < -0.3 is 0 Å². The van der Waals surface area contributed by atoms with Crippen LogP contribution in [-0.4, -0.2) is 20.9 Å². The van der Waals surface area contributed by atoms with Gasteiger partial charge in [0.25, 0.3) is 5.56 Å². The molecule has 0 aliphatic carbocycles. The minimum Gasteiger partial charge on any atom is -0.288 e. The number of anilines is 1. The van der Waals surface area contributed by atoms with E-state index in [0.717, 1.165) is 11.3 Å². The molecule has 128 valence electrons. The van der Waals surface area contributed by atoms with Gasteiger partial charge in [0.05, 0.1) is 5.71 Å². The first-order chi connectivity index (χ1) is 11.1. The van der Waals surface area contributed by atoms with E-state index >= 15 is 0 Å². The highest BCUT2D eigenvalue weighted by atomic mass is 16.1. The van der Waals surface area contributed by atoms with Crippen molar-refractivity contribution in [2.24, 2.45) is 5.10 Å². The lowest BCUT2D eigenvalue weighted by Gasteiger charge is -2.15. The second-order valence-corrected chi connectivity index (χ2v) is 7.18. The van der Waals surface area contributed by atoms with E-state index in [1.165, 1.54) is 16.7 Å². The van der Waals surface area contributed by atoms with Gasteiger partial charge in [0.2, 0.25) is 5.95 Å². The molecule has 0 aliphatic rings. The maximum absolute atomic E-state index is 12.1. The summed E-state index contributed by atoms with van der Waals surface area (Å²) in [5, 5.41) is 12.4. The molecule has 2 aromatic rings. The Morgan fingerprint density at radius 1 is 1.12 bits per heavy atom. The van der Waals surface area contributed by atoms with E-state index in [1.807, 2.05) is 27.7 Å². The number of nitrogens with one attached hydrogen (secondary N) is 2. The first kappa shape index (κ1) is 17.8. The number of aromatic nitrogens is 3. The van der Waals surface area contributed by atoms with Crippen molar-refractivity contribution in [3.8, 4) is 0 Å². The second-order valence-electron chi connectivity index (χ2n) is 7.18. The van der Waals surface area contributed by atoms with Gasteiger partial charge in [-0.3, -0.25) is 9.78 Å². The van der Waals surface area contributed by atoms with Crippen LogP contribution in [0.4, 0.5) is 5.95 Å². The lowest BCUT2D eigenvalue weighted by atomic mass is 9.93. The molecule has 0 aliphatic heterocycles. The van der Waals surface area contributed by atoms with Gasteiger partial charge >= 0.3 is 0 Å². The summed E-state index contributed by atoms with van der Waals surface area (Å²) in [6.07, 6.45) is 0. The number of H-pyrrole nitrogens is 1. The SMILES string of the molecule is C/C(=N/Nc1nnc(C(C)(C)C)c(=O)[nH]1)c1c(C)cc(C)cc1C. The summed E-state index contributed by atoms with van der Waals surface area (Å²) < 4.78 is 0. The maximum Gasteiger partial charge on any atom is 0.274 e. The molecule has 24 heavy (non-hydrogen) atoms. The van der Waals surface area contributed by atoms with Crippen molar-refractivity contribution in [3.63, 3.8) is 0 Å². The Kier molecular flexibility index (Phi) is 4.87. The summed E-state index contributed by atoms with van der Waals surface area (Å²) in [5.74, 6) is 0.231. The van der Waals surface area contributed by atoms with E-state index in [2.05, 4.69) is 58.6 Å². The monoisotopic (exact) mass is 327 g/mol. The molecule has 0 radical (unpaired) electrons. The van der Waals surface area contributed by atoms with E-state index in [9.17, 15) is 4.79 Å². The number of rotatable bonds is 3. The Hall–Kier alpha value is -2.50. The van der Waals surface area contributed by atoms with Crippen molar-refractivity contribution in [1.82, 2.24) is 15.2 Å². The number of hydrazone groups is 1. The van der Waals surface area contributed by atoms with Crippen LogP contribution < -0.4 is 11.0 Å². The summed E-state index contributed by atoms with van der Waals surface area (Å²) in [6.45, 7) is 13.9. The zero-order valence-corrected chi connectivity index (χ0v) is 15.4. The van der Waals surface area contributed by atoms with Crippen LogP contribution in [0.2, 0.25) is 0 Å². The van der Waals surface area contributed by atoms with Crippen molar-refractivity contribution in [2.75, 3.05) is 5.43 Å². The van der Waals surface area contributed by atoms with Crippen molar-refractivity contribution in [2.45, 2.75) is 53.9 Å². The molecule has 1 aromatic carbocycles. The molecule has 0 unspecified atom stereocenters. The van der Waals surface area contributed by atoms with Crippen LogP contribution in [0, 0.1) is 20.8 Å². The minimum absolute atomic E-state index is 0.231. The van der Waals surface area contributed by atoms with E-state index < -0.39 is 0 Å². The number of benzene rings is 1. The van der Waals surface area contributed by atoms with E-state index in [4.69, 9.17) is 0 Å². The zero-order valence-electron chi connectivity index (χ0n) is 15.4. The first-order valence-corrected chi connectivity index (χ1v) is 7.95. The van der Waals surface area contributed by atoms with Gasteiger partial charge in [-0.05, 0) is 38.8 Å². The molecule has 0 saturated heterocycles. The Bertz CT molecular complexity index is 820. The lowest BCUT2D eigenvalue weighted by Crippen LogP contribution is -2.28. The largest absolute Gasteiger partial charge is 0.288 e. The standard InChI is InChI=1S/C18H25N5O/c1-10-8-11(2)14(12(3)9-10)13(4)20-22-17-19-16(24)15(21-23-17)18(5,6)7/h8-9H,1-7H3,(H2,19,22,23,24)/b20-13-. The summed E-state index contributed by atoms with van der Waals surface area (Å²) in [4.78, 5) is 14.8. The van der Waals surface area contributed by atoms with Crippen LogP contribution in [0.3, 0.4) is 0 Å². The highest BCUT2D eigenvalue weighted by Crippen LogP contribution is 2.18. The topological polar surface area (TPSA) is 83.0 Å². The van der Waals surface area contributed by atoms with Crippen LogP contribution >= 0.6 is 0 Å². The lowest BCUT2D eigenvalue weighted by molar-refractivity contribution is 0.547. The Morgan fingerprint density at radius 2 is 1.71 bits per heavy atom. The zero-order chi connectivity index (χ0) is 18.1. The molecule has 1 heterocycles. The average Bonchev–Trinajstić information content (AvgIpc) is 2.42. The van der Waals surface area contributed by atoms with Crippen LogP contribution in [0.1, 0.15) is 55.6 Å². The quantitative estimate of drug-likeness (QED) is 0.670. The number of aryl methyl sites for hydroxylation is 3. The van der Waals surface area contributed by atoms with E-state index in [1.54, 1.807) is 0 Å². The third-order valence-electron chi connectivity index (χ3n) is 3.78. The van der Waals surface area contributed by atoms with Crippen molar-refractivity contribution >= 4 is 11.7 Å². The summed E-state index contributed by atoms with van der Waals surface area (Å²) >= 11 is 0. The van der Waals surface area contributed by atoms with Gasteiger partial charge in [0.15, 0.2) is 0 Å². The van der Waals surface area contributed by atoms with Crippen molar-refractivity contribution < 1.29 is 0 Å². The third kappa shape index (κ3) is 3.88. The fraction of sp³-hybridized carbons (Fsp3) is 0.444. The van der Waals surface area contributed by atoms with E-state index in [0.29, 0.717) is 5.69 Å². The molecule has 2 N–H and O–H groups in total. The molecule has 0 atom stereocenters. The molecular formula is C18H25N5O. The molecule has 0 fully saturated rings. The number of aromatic amines is 1. The fourth-order valence-corrected chi connectivity index (χ4v) is 2.82. The Labute approximate surface area is 142 Å². The van der Waals surface area contributed by atoms with Gasteiger partial charge in [-0.15, -0.1) is 10.2 Å². The van der Waals surface area contributed by atoms with Gasteiger partial charge in [0, 0.05) is 11.0 Å². The predicted octanol–water partition coefficient (Wildman–Crippen LogP) is 3.22. The molecular weight excluding hydrogens is 302 g/mol. The normalized spacial score (nSPS) is 12.4. The molecule has 0 bridgehead atoms. The summed E-state index contributed by atoms with van der Waals surface area (Å²) in [6, 6.07) is 4.25. The van der Waals surface area contributed by atoms with Crippen molar-refractivity contribution in [3.05, 3.63) is 50.4 Å². The van der Waals surface area contributed by atoms with Gasteiger partial charge in [-0.1, -0.05) is 38.5 Å². The Balaban J connectivity index is 2.28. The van der Waals surface area contributed by atoms with Crippen LogP contribution in [0.15, 0.2) is 22.0 Å². The predicted molar refractivity (Wildman–Crippen MR) is 97.8 cm³/mol. The second kappa shape index (κ2) is 6.55. The number of hydrogen-bond donors (Lipinski definition) is 2. The minimum atomic E-state index is -0.353. The third-order valence-corrected chi connectivity index (χ3v) is 3.78. The highest BCUT2D eigenvalue weighted by molar-refractivity contribution is 6.01. The fourth-order valence-electron chi connectivity index (χ4n) is 2.82. The summed E-state index contributed by atoms with van der Waals surface area (Å²) in [7, 11) is 0. The number of nitrogens with zero attached hydrogens (tertiary/aromatic N) is 3. The van der Waals surface area contributed by atoms with Gasteiger partial charge in [-0.2, -0.15) is 5.10 Å². The molecule has 0 spiro atoms. The highest BCUT2D eigenvalue weighted by Gasteiger charge is 2.20. The van der Waals surface area contributed by atoms with Crippen LogP contribution in [0.25, 0.3) is 0 Å². The molecule has 6 heteroatoms. The van der Waals surface area contributed by atoms with Crippen LogP contribution in [0.5, 0.6) is 0 Å². The van der Waals surface area contributed by atoms with Gasteiger partial charge in [0.1, 0.15) is 5.69 Å². The Morgan fingerprint density at radius 3 is 2.21 bits per heavy atom. The molecule has 2 rings (SSSR count). The van der Waals surface area contributed by atoms with Gasteiger partial charge in [-0.25, -0.2) is 5.43 Å². The van der Waals surface area contributed by atoms with Crippen LogP contribution in [-0.2, 0) is 5.41 Å². The molecule has 6 nitrogen and oxygen atoms in total. The molecule has 0 saturated carbocycles. The first-order valence-electron chi connectivity index (χ1n) is 7.95.